The predicted molar refractivity (Wildman–Crippen MR) is 421 cm³/mol. The Bertz CT molecular complexity index is 5600. The highest BCUT2D eigenvalue weighted by atomic mass is 16.5. The Labute approximate surface area is 639 Å². The minimum Gasteiger partial charge on any atom is -0.497 e. The number of rotatable bonds is 24. The number of methoxy groups -OCH3 is 8. The number of aromatic amines is 2. The molecule has 554 valence electrons. The Kier molecular flexibility index (Phi) is 18.8. The van der Waals surface area contributed by atoms with Gasteiger partial charge in [-0.25, -0.2) is 29.9 Å². The molecule has 2 aliphatic heterocycles. The van der Waals surface area contributed by atoms with Crippen molar-refractivity contribution in [3.63, 3.8) is 0 Å². The summed E-state index contributed by atoms with van der Waals surface area (Å²) in [6, 6.07) is 72.4. The van der Waals surface area contributed by atoms with E-state index < -0.39 is 0 Å². The molecule has 24 nitrogen and oxygen atoms in total. The second-order valence-corrected chi connectivity index (χ2v) is 25.2. The zero-order valence-electron chi connectivity index (χ0n) is 61.3. The molecule has 0 atom stereocenters. The van der Waals surface area contributed by atoms with Crippen LogP contribution in [-0.4, -0.2) is 96.8 Å². The van der Waals surface area contributed by atoms with E-state index in [1.54, 1.807) is 105 Å². The summed E-state index contributed by atoms with van der Waals surface area (Å²) in [6.07, 6.45) is 0. The van der Waals surface area contributed by atoms with Crippen LogP contribution in [0.1, 0.15) is 0 Å². The summed E-state index contributed by atoms with van der Waals surface area (Å²) in [4.78, 5) is 40.2. The Morgan fingerprint density at radius 3 is 0.491 bits per heavy atom. The summed E-state index contributed by atoms with van der Waals surface area (Å²) >= 11 is 0. The van der Waals surface area contributed by atoms with Crippen molar-refractivity contribution >= 4 is 44.1 Å². The first kappa shape index (κ1) is 69.8. The van der Waals surface area contributed by atoms with Crippen LogP contribution in [0.3, 0.4) is 0 Å². The molecule has 0 fully saturated rings. The van der Waals surface area contributed by atoms with Gasteiger partial charge in [-0.15, -0.1) is 0 Å². The third-order valence-corrected chi connectivity index (χ3v) is 18.2. The molecule has 112 heavy (non-hydrogen) atoms. The van der Waals surface area contributed by atoms with Gasteiger partial charge in [-0.2, -0.15) is 0 Å². The van der Waals surface area contributed by atoms with Crippen molar-refractivity contribution in [2.75, 3.05) is 56.9 Å². The van der Waals surface area contributed by atoms with E-state index >= 15 is 0 Å². The van der Waals surface area contributed by atoms with Gasteiger partial charge in [-0.1, -0.05) is 48.5 Å². The van der Waals surface area contributed by atoms with Crippen LogP contribution in [0, 0.1) is 0 Å². The number of aromatic nitrogens is 8. The molecule has 0 amide bonds. The van der Waals surface area contributed by atoms with Crippen molar-refractivity contribution in [2.24, 2.45) is 0 Å². The van der Waals surface area contributed by atoms with E-state index in [9.17, 15) is 0 Å². The van der Waals surface area contributed by atoms with Crippen LogP contribution in [0.25, 0.3) is 89.7 Å². The standard InChI is InChI=1S/C88H66N8O16/c1-97-49-17-9-25-57(33-49)105-73-41-65-66(42-74(73)106-58-26-10-18-50(34-58)98-2)82-89-81(65)93-83-67-43-75(107-59-27-11-19-51(35-59)99-3)76(108-60-28-12-20-52(36-60)100-4)44-68(67)85(90-83)95-87-71-47-79(111-63-31-15-23-55(39-63)103-7)80(112-64-32-16-24-56(40-64)104-8)48-72(71)88(92-87)96-86-70-46-78(110-62-30-14-22-54(38-62)102-6)77(45-69(70)84(91-86)94-82)109-61-29-13-21-53(37-61)101-5/h9-48H,1-8H3,(H2,89,90,91,92,93,94,95,96). The average molecular weight is 1490 g/mol. The molecule has 2 aliphatic rings. The average Bonchev–Trinajstić information content (AvgIpc) is 1.59. The smallest absolute Gasteiger partial charge is 0.170 e. The van der Waals surface area contributed by atoms with Gasteiger partial charge in [0.25, 0.3) is 0 Å². The Balaban J connectivity index is 0.995. The highest BCUT2D eigenvalue weighted by molar-refractivity contribution is 6.08. The highest BCUT2D eigenvalue weighted by Gasteiger charge is 2.30. The number of hydrogen-bond acceptors (Lipinski definition) is 22. The predicted octanol–water partition coefficient (Wildman–Crippen LogP) is 21.3. The largest absolute Gasteiger partial charge is 0.497 e. The van der Waals surface area contributed by atoms with Crippen LogP contribution >= 0.6 is 0 Å². The van der Waals surface area contributed by atoms with Crippen molar-refractivity contribution in [3.8, 4) is 184 Å². The molecule has 0 aliphatic carbocycles. The molecule has 24 heteroatoms. The Hall–Kier alpha value is -15.2. The highest BCUT2D eigenvalue weighted by Crippen LogP contribution is 2.51. The monoisotopic (exact) mass is 1490 g/mol. The molecule has 5 heterocycles. The molecule has 0 unspecified atom stereocenters. The topological polar surface area (TPSA) is 257 Å². The van der Waals surface area contributed by atoms with Gasteiger partial charge in [0.15, 0.2) is 69.3 Å². The molecule has 0 radical (unpaired) electrons. The SMILES string of the molecule is COc1cccc(Oc2cc3c(cc2Oc2cccc(OC)c2)-c2nc-3nc3[nH]c(nc4nc(nc5[nH]c(n2)c2cc(Oc6cccc(OC)c6)c(Oc6cccc(OC)c6)cc52)-c2cc(Oc5cccc(OC)c5)c(Oc5cccc(OC)c5)cc2-4)c2cc(Oc4cccc(OC)c4)c(Oc4cccc(OC)c4)cc32)c1. The molecule has 3 aromatic heterocycles. The molecule has 17 rings (SSSR count). The van der Waals surface area contributed by atoms with Crippen molar-refractivity contribution in [2.45, 2.75) is 0 Å². The van der Waals surface area contributed by atoms with Crippen molar-refractivity contribution in [1.82, 2.24) is 39.9 Å². The number of nitrogens with one attached hydrogen (secondary N) is 2. The fraction of sp³-hybridized carbons (Fsp3) is 0.0909. The molecular formula is C88H66N8O16. The molecule has 0 saturated carbocycles. The van der Waals surface area contributed by atoms with Crippen LogP contribution in [-0.2, 0) is 0 Å². The zero-order chi connectivity index (χ0) is 76.3. The number of hydrogen-bond donors (Lipinski definition) is 2. The maximum Gasteiger partial charge on any atom is 0.170 e. The molecular weight excluding hydrogens is 1430 g/mol. The summed E-state index contributed by atoms with van der Waals surface area (Å²) in [5.41, 5.74) is 3.00. The lowest BCUT2D eigenvalue weighted by Crippen LogP contribution is -1.94. The molecule has 0 spiro atoms. The van der Waals surface area contributed by atoms with Crippen LogP contribution in [0.2, 0.25) is 0 Å². The third kappa shape index (κ3) is 14.4. The molecule has 0 saturated heterocycles. The van der Waals surface area contributed by atoms with Gasteiger partial charge in [0.2, 0.25) is 0 Å². The fourth-order valence-corrected chi connectivity index (χ4v) is 12.8. The normalized spacial score (nSPS) is 11.2. The minimum atomic E-state index is 0.185. The van der Waals surface area contributed by atoms with Crippen LogP contribution in [0.15, 0.2) is 243 Å². The zero-order valence-corrected chi connectivity index (χ0v) is 61.3. The van der Waals surface area contributed by atoms with Crippen LogP contribution in [0.5, 0.6) is 138 Å². The minimum absolute atomic E-state index is 0.185. The van der Waals surface area contributed by atoms with E-state index in [0.717, 1.165) is 0 Å². The summed E-state index contributed by atoms with van der Waals surface area (Å²) < 4.78 is 100. The summed E-state index contributed by atoms with van der Waals surface area (Å²) in [5.74, 6) is 10.9. The van der Waals surface area contributed by atoms with Crippen molar-refractivity contribution < 1.29 is 75.8 Å². The number of ether oxygens (including phenoxy) is 16. The lowest BCUT2D eigenvalue weighted by atomic mass is 10.1. The van der Waals surface area contributed by atoms with Gasteiger partial charge in [0, 0.05) is 92.3 Å². The van der Waals surface area contributed by atoms with E-state index in [-0.39, 0.29) is 91.9 Å². The van der Waals surface area contributed by atoms with Crippen molar-refractivity contribution in [1.29, 1.82) is 0 Å². The molecule has 15 aromatic rings. The van der Waals surface area contributed by atoms with Gasteiger partial charge < -0.3 is 85.8 Å². The van der Waals surface area contributed by atoms with E-state index in [4.69, 9.17) is 106 Å². The second-order valence-electron chi connectivity index (χ2n) is 25.2. The Morgan fingerprint density at radius 1 is 0.179 bits per heavy atom. The van der Waals surface area contributed by atoms with Gasteiger partial charge in [0.1, 0.15) is 115 Å². The van der Waals surface area contributed by atoms with Crippen molar-refractivity contribution in [3.05, 3.63) is 243 Å². The molecule has 2 N–H and O–H groups in total. The third-order valence-electron chi connectivity index (χ3n) is 18.2. The maximum atomic E-state index is 6.87. The van der Waals surface area contributed by atoms with Crippen LogP contribution in [0.4, 0.5) is 0 Å². The fourth-order valence-electron chi connectivity index (χ4n) is 12.8. The van der Waals surface area contributed by atoms with E-state index in [1.807, 2.05) is 194 Å². The van der Waals surface area contributed by atoms with E-state index in [1.165, 1.54) is 0 Å². The summed E-state index contributed by atoms with van der Waals surface area (Å²) in [7, 11) is 12.7. The lowest BCUT2D eigenvalue weighted by molar-refractivity contribution is 0.396. The summed E-state index contributed by atoms with van der Waals surface area (Å²) in [5, 5.41) is 2.02. The first-order chi connectivity index (χ1) is 54.9. The van der Waals surface area contributed by atoms with Gasteiger partial charge in [-0.3, -0.25) is 0 Å². The summed E-state index contributed by atoms with van der Waals surface area (Å²) in [6.45, 7) is 0. The van der Waals surface area contributed by atoms with E-state index in [2.05, 4.69) is 9.97 Å². The van der Waals surface area contributed by atoms with Gasteiger partial charge >= 0.3 is 0 Å². The van der Waals surface area contributed by atoms with E-state index in [0.29, 0.717) is 136 Å². The molecule has 12 aromatic carbocycles. The first-order valence-corrected chi connectivity index (χ1v) is 35.0. The quantitative estimate of drug-likeness (QED) is 0.0570. The van der Waals surface area contributed by atoms with Gasteiger partial charge in [0.05, 0.1) is 56.9 Å². The second kappa shape index (κ2) is 30.2. The lowest BCUT2D eigenvalue weighted by Gasteiger charge is -2.15. The first-order valence-electron chi connectivity index (χ1n) is 35.0. The Morgan fingerprint density at radius 2 is 0.330 bits per heavy atom. The molecule has 8 bridgehead atoms. The van der Waals surface area contributed by atoms with Gasteiger partial charge in [-0.05, 0) is 146 Å². The van der Waals surface area contributed by atoms with Crippen LogP contribution < -0.4 is 75.8 Å². The number of nitrogens with zero attached hydrogens (tertiary/aromatic N) is 6. The maximum absolute atomic E-state index is 6.87. The number of H-pyrrole nitrogens is 2. The number of benzene rings is 12. The number of fused-ring (bicyclic) bond motifs is 20.